The lowest BCUT2D eigenvalue weighted by Crippen LogP contribution is -2.08. The van der Waals surface area contributed by atoms with Crippen molar-refractivity contribution >= 4 is 0 Å². The number of benzene rings is 1. The minimum atomic E-state index is 0.110. The molecule has 1 aromatic heterocycles. The van der Waals surface area contributed by atoms with E-state index in [-0.39, 0.29) is 6.04 Å². The molecule has 0 amide bonds. The summed E-state index contributed by atoms with van der Waals surface area (Å²) < 4.78 is 1.89. The Labute approximate surface area is 115 Å². The van der Waals surface area contributed by atoms with Gasteiger partial charge in [0.05, 0.1) is 5.69 Å². The van der Waals surface area contributed by atoms with E-state index < -0.39 is 0 Å². The molecule has 0 saturated heterocycles. The number of hydrogen-bond donors (Lipinski definition) is 1. The fourth-order valence-corrected chi connectivity index (χ4v) is 2.33. The van der Waals surface area contributed by atoms with Gasteiger partial charge in [0, 0.05) is 24.8 Å². The van der Waals surface area contributed by atoms with Gasteiger partial charge in [-0.15, -0.1) is 0 Å². The van der Waals surface area contributed by atoms with Crippen molar-refractivity contribution in [1.29, 1.82) is 0 Å². The Balaban J connectivity index is 2.47. The fourth-order valence-electron chi connectivity index (χ4n) is 2.33. The summed E-state index contributed by atoms with van der Waals surface area (Å²) in [4.78, 5) is 0. The number of hydrogen-bond acceptors (Lipinski definition) is 2. The molecule has 19 heavy (non-hydrogen) atoms. The third-order valence-electron chi connectivity index (χ3n) is 3.47. The van der Waals surface area contributed by atoms with Crippen LogP contribution in [0.25, 0.3) is 11.1 Å². The molecule has 3 nitrogen and oxygen atoms in total. The van der Waals surface area contributed by atoms with E-state index in [1.165, 1.54) is 16.7 Å². The van der Waals surface area contributed by atoms with Gasteiger partial charge in [-0.25, -0.2) is 0 Å². The average molecular weight is 257 g/mol. The highest BCUT2D eigenvalue weighted by molar-refractivity contribution is 5.66. The Morgan fingerprint density at radius 3 is 2.68 bits per heavy atom. The number of aryl methyl sites for hydroxylation is 1. The van der Waals surface area contributed by atoms with Crippen LogP contribution in [0.1, 0.15) is 50.4 Å². The maximum atomic E-state index is 6.12. The van der Waals surface area contributed by atoms with Crippen LogP contribution in [0.5, 0.6) is 0 Å². The fraction of sp³-hybridized carbons (Fsp3) is 0.438. The molecule has 1 aromatic carbocycles. The normalized spacial score (nSPS) is 12.9. The van der Waals surface area contributed by atoms with Gasteiger partial charge in [-0.1, -0.05) is 39.0 Å². The topological polar surface area (TPSA) is 43.8 Å². The molecule has 3 heteroatoms. The lowest BCUT2D eigenvalue weighted by Gasteiger charge is -2.11. The molecule has 0 aliphatic carbocycles. The summed E-state index contributed by atoms with van der Waals surface area (Å²) in [6.45, 7) is 6.46. The van der Waals surface area contributed by atoms with Crippen LogP contribution in [0.2, 0.25) is 0 Å². The molecule has 0 fully saturated rings. The first-order chi connectivity index (χ1) is 9.02. The molecule has 0 bridgehead atoms. The van der Waals surface area contributed by atoms with Gasteiger partial charge in [0.1, 0.15) is 0 Å². The minimum Gasteiger partial charge on any atom is -0.324 e. The molecule has 1 unspecified atom stereocenters. The first kappa shape index (κ1) is 13.8. The highest BCUT2D eigenvalue weighted by Gasteiger charge is 2.14. The molecule has 0 saturated carbocycles. The molecule has 1 atom stereocenters. The van der Waals surface area contributed by atoms with Crippen LogP contribution < -0.4 is 5.73 Å². The summed E-state index contributed by atoms with van der Waals surface area (Å²) in [6, 6.07) is 8.62. The molecule has 0 aliphatic rings. The van der Waals surface area contributed by atoms with Crippen molar-refractivity contribution in [3.05, 3.63) is 41.7 Å². The SMILES string of the molecule is CCC(N)c1cccc(-c2cn(C)nc2C(C)C)c1. The van der Waals surface area contributed by atoms with Gasteiger partial charge in [0.2, 0.25) is 0 Å². The molecule has 2 N–H and O–H groups in total. The Hall–Kier alpha value is -1.61. The van der Waals surface area contributed by atoms with Crippen molar-refractivity contribution in [2.45, 2.75) is 39.2 Å². The minimum absolute atomic E-state index is 0.110. The van der Waals surface area contributed by atoms with Gasteiger partial charge in [-0.2, -0.15) is 5.10 Å². The van der Waals surface area contributed by atoms with E-state index in [9.17, 15) is 0 Å². The summed E-state index contributed by atoms with van der Waals surface area (Å²) in [7, 11) is 1.97. The largest absolute Gasteiger partial charge is 0.324 e. The number of rotatable bonds is 4. The Morgan fingerprint density at radius 1 is 1.32 bits per heavy atom. The predicted octanol–water partition coefficient (Wildman–Crippen LogP) is 3.62. The van der Waals surface area contributed by atoms with Gasteiger partial charge in [-0.3, -0.25) is 4.68 Å². The third kappa shape index (κ3) is 2.87. The van der Waals surface area contributed by atoms with E-state index >= 15 is 0 Å². The summed E-state index contributed by atoms with van der Waals surface area (Å²) in [5.41, 5.74) is 10.9. The molecular weight excluding hydrogens is 234 g/mol. The number of nitrogens with zero attached hydrogens (tertiary/aromatic N) is 2. The van der Waals surface area contributed by atoms with E-state index in [0.29, 0.717) is 5.92 Å². The van der Waals surface area contributed by atoms with Crippen molar-refractivity contribution in [3.8, 4) is 11.1 Å². The van der Waals surface area contributed by atoms with Crippen LogP contribution in [0.4, 0.5) is 0 Å². The van der Waals surface area contributed by atoms with Crippen molar-refractivity contribution in [1.82, 2.24) is 9.78 Å². The van der Waals surface area contributed by atoms with E-state index in [1.807, 2.05) is 11.7 Å². The maximum Gasteiger partial charge on any atom is 0.0728 e. The van der Waals surface area contributed by atoms with Crippen molar-refractivity contribution in [2.75, 3.05) is 0 Å². The van der Waals surface area contributed by atoms with Gasteiger partial charge >= 0.3 is 0 Å². The first-order valence-corrected chi connectivity index (χ1v) is 6.92. The van der Waals surface area contributed by atoms with Crippen LogP contribution in [-0.2, 0) is 7.05 Å². The highest BCUT2D eigenvalue weighted by Crippen LogP contribution is 2.29. The Bertz CT molecular complexity index is 555. The van der Waals surface area contributed by atoms with Gasteiger partial charge in [0.15, 0.2) is 0 Å². The van der Waals surface area contributed by atoms with E-state index in [2.05, 4.69) is 56.3 Å². The van der Waals surface area contributed by atoms with Crippen LogP contribution in [0, 0.1) is 0 Å². The molecule has 1 heterocycles. The lowest BCUT2D eigenvalue weighted by atomic mass is 9.96. The van der Waals surface area contributed by atoms with Crippen LogP contribution in [0.3, 0.4) is 0 Å². The van der Waals surface area contributed by atoms with Crippen molar-refractivity contribution in [3.63, 3.8) is 0 Å². The molecule has 0 radical (unpaired) electrons. The third-order valence-corrected chi connectivity index (χ3v) is 3.47. The van der Waals surface area contributed by atoms with Gasteiger partial charge in [-0.05, 0) is 29.5 Å². The standard InChI is InChI=1S/C16H23N3/c1-5-15(17)13-8-6-7-12(9-13)14-10-19(4)18-16(14)11(2)3/h6-11,15H,5,17H2,1-4H3. The van der Waals surface area contributed by atoms with Crippen LogP contribution in [-0.4, -0.2) is 9.78 Å². The average Bonchev–Trinajstić information content (AvgIpc) is 2.80. The quantitative estimate of drug-likeness (QED) is 0.909. The van der Waals surface area contributed by atoms with E-state index in [4.69, 9.17) is 5.73 Å². The van der Waals surface area contributed by atoms with E-state index in [1.54, 1.807) is 0 Å². The second-order valence-corrected chi connectivity index (χ2v) is 5.40. The highest BCUT2D eigenvalue weighted by atomic mass is 15.3. The summed E-state index contributed by atoms with van der Waals surface area (Å²) in [6.07, 6.45) is 3.04. The Kier molecular flexibility index (Phi) is 4.05. The second-order valence-electron chi connectivity index (χ2n) is 5.40. The first-order valence-electron chi connectivity index (χ1n) is 6.92. The molecule has 0 spiro atoms. The summed E-state index contributed by atoms with van der Waals surface area (Å²) in [5.74, 6) is 0.416. The summed E-state index contributed by atoms with van der Waals surface area (Å²) in [5, 5.41) is 4.57. The molecule has 0 aliphatic heterocycles. The zero-order chi connectivity index (χ0) is 14.0. The number of nitrogens with two attached hydrogens (primary N) is 1. The predicted molar refractivity (Wildman–Crippen MR) is 80.0 cm³/mol. The Morgan fingerprint density at radius 2 is 2.05 bits per heavy atom. The van der Waals surface area contributed by atoms with E-state index in [0.717, 1.165) is 12.1 Å². The molecule has 2 rings (SSSR count). The van der Waals surface area contributed by atoms with Gasteiger partial charge in [0.25, 0.3) is 0 Å². The molecule has 102 valence electrons. The van der Waals surface area contributed by atoms with Crippen molar-refractivity contribution in [2.24, 2.45) is 12.8 Å². The van der Waals surface area contributed by atoms with Crippen LogP contribution >= 0.6 is 0 Å². The zero-order valence-electron chi connectivity index (χ0n) is 12.2. The molecular formula is C16H23N3. The smallest absolute Gasteiger partial charge is 0.0728 e. The maximum absolute atomic E-state index is 6.12. The molecule has 2 aromatic rings. The second kappa shape index (κ2) is 5.57. The summed E-state index contributed by atoms with van der Waals surface area (Å²) >= 11 is 0. The van der Waals surface area contributed by atoms with Crippen molar-refractivity contribution < 1.29 is 0 Å². The van der Waals surface area contributed by atoms with Gasteiger partial charge < -0.3 is 5.73 Å². The van der Waals surface area contributed by atoms with Crippen LogP contribution in [0.15, 0.2) is 30.5 Å². The lowest BCUT2D eigenvalue weighted by molar-refractivity contribution is 0.699. The zero-order valence-corrected chi connectivity index (χ0v) is 12.2. The monoisotopic (exact) mass is 257 g/mol. The number of aromatic nitrogens is 2.